The number of benzene rings is 2. The van der Waals surface area contributed by atoms with E-state index in [0.717, 1.165) is 16.8 Å². The Labute approximate surface area is 210 Å². The average Bonchev–Trinajstić information content (AvgIpc) is 3.27. The molecule has 204 valence electrons. The lowest BCUT2D eigenvalue weighted by Crippen LogP contribution is -2.33. The molecule has 0 atom stereocenters. The number of nitrogens with zero attached hydrogens (tertiary/aromatic N) is 3. The molecule has 38 heavy (non-hydrogen) atoms. The zero-order valence-electron chi connectivity index (χ0n) is 19.1. The first-order valence-electron chi connectivity index (χ1n) is 10.6. The summed E-state index contributed by atoms with van der Waals surface area (Å²) >= 11 is 0. The van der Waals surface area contributed by atoms with E-state index >= 15 is 0 Å². The minimum Gasteiger partial charge on any atom is -0.487 e. The van der Waals surface area contributed by atoms with Crippen LogP contribution in [0.5, 0.6) is 11.5 Å². The first-order chi connectivity index (χ1) is 17.9. The second-order valence-corrected chi connectivity index (χ2v) is 7.43. The van der Waals surface area contributed by atoms with Crippen LogP contribution in [0, 0.1) is 0 Å². The molecule has 0 fully saturated rings. The molecule has 0 bridgehead atoms. The van der Waals surface area contributed by atoms with Gasteiger partial charge in [-0.3, -0.25) is 9.59 Å². The Balaban J connectivity index is 1.85. The van der Waals surface area contributed by atoms with Crippen molar-refractivity contribution >= 4 is 11.8 Å². The third-order valence-corrected chi connectivity index (χ3v) is 4.61. The van der Waals surface area contributed by atoms with Gasteiger partial charge in [-0.1, -0.05) is 11.3 Å². The fourth-order valence-electron chi connectivity index (χ4n) is 3.02. The van der Waals surface area contributed by atoms with Crippen molar-refractivity contribution in [1.29, 1.82) is 0 Å². The molecule has 0 spiro atoms. The number of hydrogen-bond donors (Lipinski definition) is 3. The van der Waals surface area contributed by atoms with Gasteiger partial charge in [0.25, 0.3) is 11.8 Å². The number of nitrogens with one attached hydrogen (secondary N) is 2. The van der Waals surface area contributed by atoms with Crippen LogP contribution in [0.4, 0.5) is 26.3 Å². The molecule has 2 aromatic carbocycles. The minimum absolute atomic E-state index is 0.0388. The molecule has 0 saturated heterocycles. The van der Waals surface area contributed by atoms with E-state index in [1.807, 2.05) is 0 Å². The molecule has 0 unspecified atom stereocenters. The van der Waals surface area contributed by atoms with Crippen LogP contribution in [0.1, 0.15) is 26.5 Å². The third kappa shape index (κ3) is 8.09. The number of carbonyl (C=O) groups is 2. The zero-order valence-corrected chi connectivity index (χ0v) is 19.1. The van der Waals surface area contributed by atoms with E-state index in [1.54, 1.807) is 5.32 Å². The molecule has 10 nitrogen and oxygen atoms in total. The number of hydrogen-bond acceptors (Lipinski definition) is 7. The molecule has 3 N–H and O–H groups in total. The molecule has 3 aromatic rings. The maximum atomic E-state index is 12.5. The summed E-state index contributed by atoms with van der Waals surface area (Å²) in [5.74, 6) is -2.29. The Morgan fingerprint density at radius 1 is 0.947 bits per heavy atom. The van der Waals surface area contributed by atoms with E-state index < -0.39 is 43.3 Å². The normalized spacial score (nSPS) is 11.7. The van der Waals surface area contributed by atoms with E-state index in [2.05, 4.69) is 20.4 Å². The van der Waals surface area contributed by atoms with Gasteiger partial charge < -0.3 is 25.2 Å². The Morgan fingerprint density at radius 2 is 1.63 bits per heavy atom. The zero-order chi connectivity index (χ0) is 27.9. The number of halogens is 6. The molecule has 0 radical (unpaired) electrons. The van der Waals surface area contributed by atoms with Gasteiger partial charge in [0.2, 0.25) is 0 Å². The van der Waals surface area contributed by atoms with Crippen molar-refractivity contribution in [1.82, 2.24) is 25.6 Å². The summed E-state index contributed by atoms with van der Waals surface area (Å²) in [5, 5.41) is 20.8. The van der Waals surface area contributed by atoms with Crippen molar-refractivity contribution in [2.45, 2.75) is 19.1 Å². The van der Waals surface area contributed by atoms with Crippen LogP contribution in [-0.4, -0.2) is 64.1 Å². The first kappa shape index (κ1) is 28.2. The maximum absolute atomic E-state index is 12.5. The van der Waals surface area contributed by atoms with Crippen LogP contribution in [0.25, 0.3) is 5.69 Å². The topological polar surface area (TPSA) is 128 Å². The smallest absolute Gasteiger partial charge is 0.487 e. The van der Waals surface area contributed by atoms with E-state index in [4.69, 9.17) is 9.84 Å². The number of aliphatic hydroxyl groups excluding tert-OH is 1. The van der Waals surface area contributed by atoms with Gasteiger partial charge in [-0.2, -0.15) is 13.2 Å². The second-order valence-electron chi connectivity index (χ2n) is 7.43. The Bertz CT molecular complexity index is 1260. The number of rotatable bonds is 10. The predicted molar refractivity (Wildman–Crippen MR) is 117 cm³/mol. The second kappa shape index (κ2) is 11.8. The summed E-state index contributed by atoms with van der Waals surface area (Å²) in [6.45, 7) is -2.40. The van der Waals surface area contributed by atoms with Crippen molar-refractivity contribution in [2.24, 2.45) is 0 Å². The third-order valence-electron chi connectivity index (χ3n) is 4.61. The standard InChI is InChI=1S/C22H19F6N5O5/c23-21(24,25)12-30-19(35)13-4-6-14(7-5-13)33-17(18(31-32-33)20(36)29-8-9-34)11-37-15-2-1-3-16(10-15)38-22(26,27)28/h1-7,10,34H,8-9,11-12H2,(H,29,36)(H,30,35). The SMILES string of the molecule is O=C(NCC(F)(F)F)c1ccc(-n2nnc(C(=O)NCCO)c2COc2cccc(OC(F)(F)F)c2)cc1. The van der Waals surface area contributed by atoms with Crippen LogP contribution in [-0.2, 0) is 6.61 Å². The van der Waals surface area contributed by atoms with Crippen LogP contribution in [0.3, 0.4) is 0 Å². The number of ether oxygens (including phenoxy) is 2. The van der Waals surface area contributed by atoms with Crippen LogP contribution in [0.2, 0.25) is 0 Å². The fraction of sp³-hybridized carbons (Fsp3) is 0.273. The molecule has 0 aliphatic carbocycles. The molecule has 0 aliphatic rings. The highest BCUT2D eigenvalue weighted by Crippen LogP contribution is 2.27. The van der Waals surface area contributed by atoms with Gasteiger partial charge in [-0.15, -0.1) is 18.3 Å². The summed E-state index contributed by atoms with van der Waals surface area (Å²) in [6, 6.07) is 9.73. The Hall–Kier alpha value is -4.34. The molecule has 2 amide bonds. The number of alkyl halides is 6. The van der Waals surface area contributed by atoms with E-state index in [9.17, 15) is 35.9 Å². The van der Waals surface area contributed by atoms with Gasteiger partial charge in [-0.25, -0.2) is 4.68 Å². The molecule has 1 aromatic heterocycles. The van der Waals surface area contributed by atoms with Crippen molar-refractivity contribution in [3.63, 3.8) is 0 Å². The van der Waals surface area contributed by atoms with Gasteiger partial charge in [0, 0.05) is 18.2 Å². The minimum atomic E-state index is -4.92. The van der Waals surface area contributed by atoms with E-state index in [0.29, 0.717) is 0 Å². The number of carbonyl (C=O) groups excluding carboxylic acids is 2. The van der Waals surface area contributed by atoms with Gasteiger partial charge >= 0.3 is 12.5 Å². The van der Waals surface area contributed by atoms with Crippen molar-refractivity contribution in [3.8, 4) is 17.2 Å². The lowest BCUT2D eigenvalue weighted by Gasteiger charge is -2.13. The van der Waals surface area contributed by atoms with Gasteiger partial charge in [0.1, 0.15) is 30.3 Å². The summed E-state index contributed by atoms with van der Waals surface area (Å²) in [6.07, 6.45) is -9.51. The van der Waals surface area contributed by atoms with Crippen LogP contribution < -0.4 is 20.1 Å². The molecule has 3 rings (SSSR count). The van der Waals surface area contributed by atoms with Crippen LogP contribution >= 0.6 is 0 Å². The van der Waals surface area contributed by atoms with Crippen LogP contribution in [0.15, 0.2) is 48.5 Å². The van der Waals surface area contributed by atoms with Crippen molar-refractivity contribution in [2.75, 3.05) is 19.7 Å². The summed E-state index contributed by atoms with van der Waals surface area (Å²) < 4.78 is 85.1. The average molecular weight is 547 g/mol. The molecule has 1 heterocycles. The number of amides is 2. The Morgan fingerprint density at radius 3 is 2.26 bits per heavy atom. The number of aromatic nitrogens is 3. The highest BCUT2D eigenvalue weighted by molar-refractivity contribution is 5.94. The fourth-order valence-corrected chi connectivity index (χ4v) is 3.02. The van der Waals surface area contributed by atoms with E-state index in [1.165, 1.54) is 36.4 Å². The van der Waals surface area contributed by atoms with E-state index in [-0.39, 0.29) is 41.5 Å². The summed E-state index contributed by atoms with van der Waals surface area (Å²) in [5.41, 5.74) is -0.0397. The molecule has 0 saturated carbocycles. The number of aliphatic hydroxyl groups is 1. The maximum Gasteiger partial charge on any atom is 0.573 e. The summed E-state index contributed by atoms with van der Waals surface area (Å²) in [7, 11) is 0. The predicted octanol–water partition coefficient (Wildman–Crippen LogP) is 2.76. The van der Waals surface area contributed by atoms with Crippen molar-refractivity contribution in [3.05, 3.63) is 65.5 Å². The van der Waals surface area contributed by atoms with Gasteiger partial charge in [-0.05, 0) is 36.4 Å². The first-order valence-corrected chi connectivity index (χ1v) is 10.6. The lowest BCUT2D eigenvalue weighted by atomic mass is 10.2. The quantitative estimate of drug-likeness (QED) is 0.333. The highest BCUT2D eigenvalue weighted by Gasteiger charge is 2.31. The molecule has 16 heteroatoms. The largest absolute Gasteiger partial charge is 0.573 e. The highest BCUT2D eigenvalue weighted by atomic mass is 19.4. The molecule has 0 aliphatic heterocycles. The summed E-state index contributed by atoms with van der Waals surface area (Å²) in [4.78, 5) is 24.5. The monoisotopic (exact) mass is 547 g/mol. The molecular formula is C22H19F6N5O5. The molecular weight excluding hydrogens is 528 g/mol. The van der Waals surface area contributed by atoms with Gasteiger partial charge in [0.15, 0.2) is 5.69 Å². The van der Waals surface area contributed by atoms with Gasteiger partial charge in [0.05, 0.1) is 12.3 Å². The lowest BCUT2D eigenvalue weighted by molar-refractivity contribution is -0.274. The Kier molecular flexibility index (Phi) is 8.77. The van der Waals surface area contributed by atoms with Crippen molar-refractivity contribution < 1.29 is 50.5 Å².